The molecular formula is C17H26O. The van der Waals surface area contributed by atoms with Gasteiger partial charge in [0.15, 0.2) is 0 Å². The second kappa shape index (κ2) is 5.88. The monoisotopic (exact) mass is 246 g/mol. The van der Waals surface area contributed by atoms with Crippen LogP contribution in [0.25, 0.3) is 0 Å². The van der Waals surface area contributed by atoms with Gasteiger partial charge >= 0.3 is 0 Å². The van der Waals surface area contributed by atoms with E-state index in [1.807, 2.05) is 0 Å². The van der Waals surface area contributed by atoms with Gasteiger partial charge in [0.2, 0.25) is 0 Å². The summed E-state index contributed by atoms with van der Waals surface area (Å²) in [5, 5.41) is 9.57. The maximum Gasteiger partial charge on any atom is 0.0613 e. The van der Waals surface area contributed by atoms with Crippen molar-refractivity contribution in [2.75, 3.05) is 0 Å². The van der Waals surface area contributed by atoms with E-state index in [2.05, 4.69) is 32.6 Å². The molecule has 1 heteroatoms. The van der Waals surface area contributed by atoms with E-state index in [0.29, 0.717) is 11.8 Å². The predicted octanol–water partition coefficient (Wildman–Crippen LogP) is 4.40. The van der Waals surface area contributed by atoms with Gasteiger partial charge in [-0.1, -0.05) is 35.5 Å². The molecule has 0 amide bonds. The van der Waals surface area contributed by atoms with Crippen LogP contribution in [0.5, 0.6) is 0 Å². The molecule has 1 saturated carbocycles. The maximum absolute atomic E-state index is 9.57. The Hall–Kier alpha value is -0.820. The third kappa shape index (κ3) is 3.58. The fourth-order valence-electron chi connectivity index (χ4n) is 2.83. The fraction of sp³-hybridized carbons (Fsp3) is 0.647. The van der Waals surface area contributed by atoms with Crippen molar-refractivity contribution in [2.24, 2.45) is 11.8 Å². The topological polar surface area (TPSA) is 20.2 Å². The highest BCUT2D eigenvalue weighted by atomic mass is 16.3. The predicted molar refractivity (Wildman–Crippen MR) is 77.3 cm³/mol. The zero-order valence-corrected chi connectivity index (χ0v) is 11.8. The van der Waals surface area contributed by atoms with Crippen LogP contribution >= 0.6 is 0 Å². The molecule has 0 radical (unpaired) electrons. The minimum absolute atomic E-state index is 0.102. The fourth-order valence-corrected chi connectivity index (χ4v) is 2.83. The summed E-state index contributed by atoms with van der Waals surface area (Å²) in [4.78, 5) is 0. The molecule has 100 valence electrons. The van der Waals surface area contributed by atoms with Gasteiger partial charge in [0.05, 0.1) is 6.10 Å². The van der Waals surface area contributed by atoms with E-state index in [1.165, 1.54) is 42.4 Å². The van der Waals surface area contributed by atoms with Crippen LogP contribution in [0.2, 0.25) is 0 Å². The van der Waals surface area contributed by atoms with E-state index in [-0.39, 0.29) is 6.10 Å². The first kappa shape index (κ1) is 13.6. The Morgan fingerprint density at radius 2 is 1.89 bits per heavy atom. The van der Waals surface area contributed by atoms with Crippen LogP contribution in [0.3, 0.4) is 0 Å². The highest BCUT2D eigenvalue weighted by Crippen LogP contribution is 2.42. The van der Waals surface area contributed by atoms with Crippen LogP contribution in [-0.2, 0) is 0 Å². The second-order valence-corrected chi connectivity index (χ2v) is 6.10. The standard InChI is InChI=1S/C17H26O/c1-12-5-4-6-13(2)8-10-15(9-7-12)14(3)16-11-17(16)18/h5,8,15-18H,3-4,6-7,9-11H2,1-2H3/b12-5+,13-8+/t15-,16?,17?/m1/s1. The molecule has 2 unspecified atom stereocenters. The van der Waals surface area contributed by atoms with Gasteiger partial charge in [-0.15, -0.1) is 0 Å². The molecule has 2 rings (SSSR count). The summed E-state index contributed by atoms with van der Waals surface area (Å²) in [6.45, 7) is 8.73. The number of hydrogen-bond acceptors (Lipinski definition) is 1. The average Bonchev–Trinajstić information content (AvgIpc) is 3.05. The maximum atomic E-state index is 9.57. The Labute approximate surface area is 111 Å². The molecule has 0 aromatic rings. The molecule has 0 aliphatic heterocycles. The molecule has 0 aromatic carbocycles. The molecule has 2 aliphatic carbocycles. The smallest absolute Gasteiger partial charge is 0.0613 e. The minimum Gasteiger partial charge on any atom is -0.392 e. The van der Waals surface area contributed by atoms with Gasteiger partial charge in [0, 0.05) is 5.92 Å². The molecule has 3 atom stereocenters. The van der Waals surface area contributed by atoms with Crippen molar-refractivity contribution < 1.29 is 5.11 Å². The average molecular weight is 246 g/mol. The zero-order valence-electron chi connectivity index (χ0n) is 11.8. The van der Waals surface area contributed by atoms with Gasteiger partial charge in [-0.25, -0.2) is 0 Å². The van der Waals surface area contributed by atoms with E-state index in [4.69, 9.17) is 0 Å². The van der Waals surface area contributed by atoms with Crippen molar-refractivity contribution in [3.8, 4) is 0 Å². The third-order valence-corrected chi connectivity index (χ3v) is 4.43. The van der Waals surface area contributed by atoms with Gasteiger partial charge in [-0.2, -0.15) is 0 Å². The first-order valence-corrected chi connectivity index (χ1v) is 7.26. The molecule has 0 heterocycles. The number of aliphatic hydroxyl groups excluding tert-OH is 1. The first-order chi connectivity index (χ1) is 8.58. The highest BCUT2D eigenvalue weighted by Gasteiger charge is 2.39. The summed E-state index contributed by atoms with van der Waals surface area (Å²) in [7, 11) is 0. The lowest BCUT2D eigenvalue weighted by Gasteiger charge is -2.20. The van der Waals surface area contributed by atoms with Crippen LogP contribution < -0.4 is 0 Å². The first-order valence-electron chi connectivity index (χ1n) is 7.26. The Morgan fingerprint density at radius 3 is 2.56 bits per heavy atom. The molecular weight excluding hydrogens is 220 g/mol. The number of rotatable bonds is 2. The largest absolute Gasteiger partial charge is 0.392 e. The summed E-state index contributed by atoms with van der Waals surface area (Å²) in [5.41, 5.74) is 4.30. The molecule has 1 N–H and O–H groups in total. The number of aliphatic hydroxyl groups is 1. The summed E-state index contributed by atoms with van der Waals surface area (Å²) in [5.74, 6) is 0.944. The van der Waals surface area contributed by atoms with Crippen LogP contribution in [0.4, 0.5) is 0 Å². The van der Waals surface area contributed by atoms with Gasteiger partial charge in [0.1, 0.15) is 0 Å². The molecule has 0 aromatic heterocycles. The Kier molecular flexibility index (Phi) is 4.45. The Balaban J connectivity index is 2.03. The van der Waals surface area contributed by atoms with Crippen molar-refractivity contribution in [2.45, 2.75) is 58.5 Å². The summed E-state index contributed by atoms with van der Waals surface area (Å²) >= 11 is 0. The lowest BCUT2D eigenvalue weighted by molar-refractivity contribution is 0.262. The van der Waals surface area contributed by atoms with E-state index < -0.39 is 0 Å². The normalized spacial score (nSPS) is 39.2. The van der Waals surface area contributed by atoms with Crippen molar-refractivity contribution in [1.82, 2.24) is 0 Å². The molecule has 2 aliphatic rings. The van der Waals surface area contributed by atoms with E-state index >= 15 is 0 Å². The van der Waals surface area contributed by atoms with Gasteiger partial charge in [0.25, 0.3) is 0 Å². The highest BCUT2D eigenvalue weighted by molar-refractivity contribution is 5.18. The summed E-state index contributed by atoms with van der Waals surface area (Å²) in [6.07, 6.45) is 11.5. The van der Waals surface area contributed by atoms with Crippen LogP contribution in [0, 0.1) is 11.8 Å². The second-order valence-electron chi connectivity index (χ2n) is 6.10. The van der Waals surface area contributed by atoms with E-state index in [0.717, 1.165) is 12.8 Å². The lowest BCUT2D eigenvalue weighted by Crippen LogP contribution is -2.07. The number of hydrogen-bond donors (Lipinski definition) is 1. The molecule has 1 nitrogen and oxygen atoms in total. The minimum atomic E-state index is -0.102. The molecule has 0 spiro atoms. The van der Waals surface area contributed by atoms with Gasteiger partial charge < -0.3 is 5.11 Å². The van der Waals surface area contributed by atoms with Gasteiger partial charge in [-0.05, 0) is 58.3 Å². The Bertz CT molecular complexity index is 375. The van der Waals surface area contributed by atoms with E-state index in [1.54, 1.807) is 0 Å². The van der Waals surface area contributed by atoms with Crippen LogP contribution in [0.1, 0.15) is 52.4 Å². The molecule has 1 fully saturated rings. The molecule has 0 saturated heterocycles. The van der Waals surface area contributed by atoms with Crippen molar-refractivity contribution in [3.63, 3.8) is 0 Å². The zero-order chi connectivity index (χ0) is 13.1. The molecule has 0 bridgehead atoms. The van der Waals surface area contributed by atoms with Crippen LogP contribution in [0.15, 0.2) is 35.5 Å². The lowest BCUT2D eigenvalue weighted by atomic mass is 9.86. The van der Waals surface area contributed by atoms with E-state index in [9.17, 15) is 5.11 Å². The third-order valence-electron chi connectivity index (χ3n) is 4.43. The van der Waals surface area contributed by atoms with Crippen molar-refractivity contribution >= 4 is 0 Å². The summed E-state index contributed by atoms with van der Waals surface area (Å²) < 4.78 is 0. The Morgan fingerprint density at radius 1 is 1.22 bits per heavy atom. The van der Waals surface area contributed by atoms with Gasteiger partial charge in [-0.3, -0.25) is 0 Å². The van der Waals surface area contributed by atoms with Crippen molar-refractivity contribution in [1.29, 1.82) is 0 Å². The SMILES string of the molecule is C=C(C1CC1O)[C@H]1C/C=C(\C)CC/C=C(\C)CC1. The van der Waals surface area contributed by atoms with Crippen LogP contribution in [-0.4, -0.2) is 11.2 Å². The molecule has 18 heavy (non-hydrogen) atoms. The number of allylic oxidation sites excluding steroid dienone is 4. The quantitative estimate of drug-likeness (QED) is 0.716. The van der Waals surface area contributed by atoms with Crippen molar-refractivity contribution in [3.05, 3.63) is 35.5 Å². The summed E-state index contributed by atoms with van der Waals surface area (Å²) in [6, 6.07) is 0.